The van der Waals surface area contributed by atoms with Gasteiger partial charge >= 0.3 is 17.8 Å². The van der Waals surface area contributed by atoms with Gasteiger partial charge in [-0.1, -0.05) is 30.3 Å². The summed E-state index contributed by atoms with van der Waals surface area (Å²) in [7, 11) is 1.26. The number of ether oxygens (including phenoxy) is 1. The van der Waals surface area contributed by atoms with Crippen molar-refractivity contribution < 1.29 is 19.1 Å². The summed E-state index contributed by atoms with van der Waals surface area (Å²) in [5.41, 5.74) is 0.957. The van der Waals surface area contributed by atoms with E-state index in [9.17, 15) is 14.4 Å². The van der Waals surface area contributed by atoms with E-state index in [1.54, 1.807) is 61.5 Å². The van der Waals surface area contributed by atoms with Crippen molar-refractivity contribution in [3.63, 3.8) is 0 Å². The van der Waals surface area contributed by atoms with E-state index in [1.165, 1.54) is 12.0 Å². The molecule has 0 aliphatic rings. The number of benzene rings is 2. The molecule has 0 aromatic heterocycles. The van der Waals surface area contributed by atoms with Crippen molar-refractivity contribution in [3.8, 4) is 0 Å². The summed E-state index contributed by atoms with van der Waals surface area (Å²) >= 11 is 0. The predicted molar refractivity (Wildman–Crippen MR) is 90.1 cm³/mol. The third-order valence-corrected chi connectivity index (χ3v) is 3.30. The second-order valence-electron chi connectivity index (χ2n) is 4.84. The maximum Gasteiger partial charge on any atom is 0.339 e. The van der Waals surface area contributed by atoms with Crippen molar-refractivity contribution in [2.75, 3.05) is 18.6 Å². The minimum Gasteiger partial charge on any atom is -0.465 e. The highest BCUT2D eigenvalue weighted by atomic mass is 16.5. The van der Waals surface area contributed by atoms with E-state index in [0.717, 1.165) is 0 Å². The predicted octanol–water partition coefficient (Wildman–Crippen LogP) is 2.27. The Morgan fingerprint density at radius 3 is 2.25 bits per heavy atom. The van der Waals surface area contributed by atoms with Crippen molar-refractivity contribution in [2.45, 2.75) is 6.92 Å². The second-order valence-corrected chi connectivity index (χ2v) is 4.84. The maximum atomic E-state index is 12.7. The van der Waals surface area contributed by atoms with Gasteiger partial charge in [0.15, 0.2) is 0 Å². The van der Waals surface area contributed by atoms with Crippen LogP contribution in [-0.4, -0.2) is 31.4 Å². The first-order valence-electron chi connectivity index (χ1n) is 7.44. The molecule has 0 aliphatic carbocycles. The Balaban J connectivity index is 2.58. The van der Waals surface area contributed by atoms with E-state index < -0.39 is 17.8 Å². The molecule has 2 aromatic rings. The number of amides is 2. The van der Waals surface area contributed by atoms with Crippen LogP contribution in [0.1, 0.15) is 17.3 Å². The molecule has 2 amide bonds. The molecule has 0 aliphatic heterocycles. The van der Waals surface area contributed by atoms with Gasteiger partial charge < -0.3 is 10.1 Å². The normalized spacial score (nSPS) is 9.92. The molecule has 2 aromatic carbocycles. The number of nitrogens with one attached hydrogen (secondary N) is 1. The van der Waals surface area contributed by atoms with Gasteiger partial charge in [0.1, 0.15) is 0 Å². The Morgan fingerprint density at radius 2 is 1.62 bits per heavy atom. The van der Waals surface area contributed by atoms with Gasteiger partial charge in [-0.2, -0.15) is 0 Å². The van der Waals surface area contributed by atoms with Crippen LogP contribution in [0.2, 0.25) is 0 Å². The van der Waals surface area contributed by atoms with Crippen molar-refractivity contribution in [2.24, 2.45) is 0 Å². The zero-order chi connectivity index (χ0) is 17.5. The van der Waals surface area contributed by atoms with Crippen LogP contribution in [-0.2, 0) is 14.3 Å². The van der Waals surface area contributed by atoms with E-state index in [4.69, 9.17) is 4.74 Å². The van der Waals surface area contributed by atoms with Gasteiger partial charge in [-0.15, -0.1) is 0 Å². The minimum atomic E-state index is -0.778. The largest absolute Gasteiger partial charge is 0.465 e. The van der Waals surface area contributed by atoms with E-state index in [-0.39, 0.29) is 11.3 Å². The molecule has 0 bridgehead atoms. The van der Waals surface area contributed by atoms with E-state index in [0.29, 0.717) is 12.2 Å². The number of hydrogen-bond donors (Lipinski definition) is 1. The zero-order valence-corrected chi connectivity index (χ0v) is 13.5. The Hall–Kier alpha value is -3.15. The lowest BCUT2D eigenvalue weighted by atomic mass is 10.1. The van der Waals surface area contributed by atoms with Gasteiger partial charge in [-0.05, 0) is 31.2 Å². The summed E-state index contributed by atoms with van der Waals surface area (Å²) in [5, 5.41) is 2.48. The number of esters is 1. The standard InChI is InChI=1S/C18H18N2O4/c1-3-19-16(21)17(22)20(13-9-5-4-6-10-13)15-12-8-7-11-14(15)18(23)24-2/h4-12H,3H2,1-2H3,(H,19,21). The van der Waals surface area contributed by atoms with E-state index in [1.807, 2.05) is 0 Å². The quantitative estimate of drug-likeness (QED) is 0.691. The molecule has 6 heteroatoms. The van der Waals surface area contributed by atoms with Crippen LogP contribution in [0.5, 0.6) is 0 Å². The molecule has 0 unspecified atom stereocenters. The molecule has 0 saturated heterocycles. The Kier molecular flexibility index (Phi) is 5.68. The molecular weight excluding hydrogens is 308 g/mol. The molecule has 0 heterocycles. The molecule has 0 atom stereocenters. The van der Waals surface area contributed by atoms with E-state index >= 15 is 0 Å². The van der Waals surface area contributed by atoms with Crippen molar-refractivity contribution >= 4 is 29.2 Å². The van der Waals surface area contributed by atoms with Crippen LogP contribution < -0.4 is 10.2 Å². The van der Waals surface area contributed by atoms with Crippen LogP contribution in [0.25, 0.3) is 0 Å². The molecular formula is C18H18N2O4. The third kappa shape index (κ3) is 3.60. The van der Waals surface area contributed by atoms with Crippen LogP contribution >= 0.6 is 0 Å². The highest BCUT2D eigenvalue weighted by Gasteiger charge is 2.27. The van der Waals surface area contributed by atoms with Crippen molar-refractivity contribution in [3.05, 3.63) is 60.2 Å². The van der Waals surface area contributed by atoms with Crippen LogP contribution in [0, 0.1) is 0 Å². The number of nitrogens with zero attached hydrogens (tertiary/aromatic N) is 1. The summed E-state index contributed by atoms with van der Waals surface area (Å²) in [6, 6.07) is 15.1. The number of carbonyl (C=O) groups is 3. The zero-order valence-electron chi connectivity index (χ0n) is 13.5. The average Bonchev–Trinajstić information content (AvgIpc) is 2.62. The highest BCUT2D eigenvalue weighted by Crippen LogP contribution is 2.29. The van der Waals surface area contributed by atoms with Gasteiger partial charge in [0.2, 0.25) is 0 Å². The van der Waals surface area contributed by atoms with Crippen molar-refractivity contribution in [1.82, 2.24) is 5.32 Å². The van der Waals surface area contributed by atoms with Gasteiger partial charge in [0.05, 0.1) is 18.4 Å². The summed E-state index contributed by atoms with van der Waals surface area (Å²) in [6.45, 7) is 2.05. The molecule has 0 fully saturated rings. The van der Waals surface area contributed by atoms with Gasteiger partial charge in [-0.25, -0.2) is 4.79 Å². The summed E-state index contributed by atoms with van der Waals surface area (Å²) in [5.74, 6) is -2.12. The molecule has 2 rings (SSSR count). The molecule has 0 radical (unpaired) electrons. The number of anilines is 2. The van der Waals surface area contributed by atoms with Crippen molar-refractivity contribution in [1.29, 1.82) is 0 Å². The number of methoxy groups -OCH3 is 1. The molecule has 0 spiro atoms. The summed E-state index contributed by atoms with van der Waals surface area (Å²) in [4.78, 5) is 38.0. The molecule has 6 nitrogen and oxygen atoms in total. The molecule has 24 heavy (non-hydrogen) atoms. The first-order chi connectivity index (χ1) is 11.6. The lowest BCUT2D eigenvalue weighted by molar-refractivity contribution is -0.137. The Bertz CT molecular complexity index is 744. The fraction of sp³-hybridized carbons (Fsp3) is 0.167. The van der Waals surface area contributed by atoms with E-state index in [2.05, 4.69) is 5.32 Å². The summed E-state index contributed by atoms with van der Waals surface area (Å²) < 4.78 is 4.77. The maximum absolute atomic E-state index is 12.7. The average molecular weight is 326 g/mol. The van der Waals surface area contributed by atoms with Gasteiger partial charge in [0, 0.05) is 12.2 Å². The second kappa shape index (κ2) is 7.92. The lowest BCUT2D eigenvalue weighted by Crippen LogP contribution is -2.41. The van der Waals surface area contributed by atoms with Crippen LogP contribution in [0.4, 0.5) is 11.4 Å². The SMILES string of the molecule is CCNC(=O)C(=O)N(c1ccccc1)c1ccccc1C(=O)OC. The fourth-order valence-electron chi connectivity index (χ4n) is 2.23. The topological polar surface area (TPSA) is 75.7 Å². The number of para-hydroxylation sites is 2. The molecule has 1 N–H and O–H groups in total. The number of hydrogen-bond acceptors (Lipinski definition) is 4. The fourth-order valence-corrected chi connectivity index (χ4v) is 2.23. The Labute approximate surface area is 140 Å². The molecule has 0 saturated carbocycles. The summed E-state index contributed by atoms with van der Waals surface area (Å²) in [6.07, 6.45) is 0. The minimum absolute atomic E-state index is 0.196. The number of rotatable bonds is 4. The smallest absolute Gasteiger partial charge is 0.339 e. The first kappa shape index (κ1) is 17.2. The highest BCUT2D eigenvalue weighted by molar-refractivity contribution is 6.42. The third-order valence-electron chi connectivity index (χ3n) is 3.30. The lowest BCUT2D eigenvalue weighted by Gasteiger charge is -2.24. The van der Waals surface area contributed by atoms with Gasteiger partial charge in [-0.3, -0.25) is 14.5 Å². The monoisotopic (exact) mass is 326 g/mol. The first-order valence-corrected chi connectivity index (χ1v) is 7.44. The number of likely N-dealkylation sites (N-methyl/N-ethyl adjacent to an activating group) is 1. The molecule has 124 valence electrons. The Morgan fingerprint density at radius 1 is 1.00 bits per heavy atom. The number of carbonyl (C=O) groups excluding carboxylic acids is 3. The van der Waals surface area contributed by atoms with Crippen LogP contribution in [0.15, 0.2) is 54.6 Å². The van der Waals surface area contributed by atoms with Crippen LogP contribution in [0.3, 0.4) is 0 Å². The van der Waals surface area contributed by atoms with Gasteiger partial charge in [0.25, 0.3) is 0 Å².